The van der Waals surface area contributed by atoms with Crippen LogP contribution in [0.5, 0.6) is 11.5 Å². The van der Waals surface area contributed by atoms with Crippen molar-refractivity contribution >= 4 is 16.6 Å². The second-order valence-electron chi connectivity index (χ2n) is 10.3. The Labute approximate surface area is 203 Å². The molecule has 2 heterocycles. The van der Waals surface area contributed by atoms with Crippen molar-refractivity contribution < 1.29 is 9.47 Å². The normalized spacial score (nSPS) is 20.2. The number of nitrogens with zero attached hydrogens (tertiary/aromatic N) is 3. The molecular weight excluding hydrogens is 446 g/mol. The molecule has 9 nitrogen and oxygen atoms in total. The van der Waals surface area contributed by atoms with Crippen LogP contribution in [0.2, 0.25) is 0 Å². The number of benzene rings is 2. The first-order valence-corrected chi connectivity index (χ1v) is 12.0. The molecule has 186 valence electrons. The van der Waals surface area contributed by atoms with Gasteiger partial charge in [-0.2, -0.15) is 4.68 Å². The lowest BCUT2D eigenvalue weighted by Gasteiger charge is -2.30. The van der Waals surface area contributed by atoms with Crippen molar-refractivity contribution in [2.45, 2.75) is 38.8 Å². The summed E-state index contributed by atoms with van der Waals surface area (Å²) in [7, 11) is 1.58. The van der Waals surface area contributed by atoms with Crippen LogP contribution in [-0.4, -0.2) is 42.1 Å². The Morgan fingerprint density at radius 1 is 1.11 bits per heavy atom. The molecule has 3 aromatic rings. The van der Waals surface area contributed by atoms with Crippen LogP contribution in [0.25, 0.3) is 10.9 Å². The lowest BCUT2D eigenvalue weighted by Crippen LogP contribution is -2.44. The van der Waals surface area contributed by atoms with Crippen LogP contribution in [0.4, 0.5) is 5.69 Å². The van der Waals surface area contributed by atoms with Gasteiger partial charge in [0, 0.05) is 31.1 Å². The Bertz CT molecular complexity index is 1360. The van der Waals surface area contributed by atoms with E-state index in [4.69, 9.17) is 21.1 Å². The van der Waals surface area contributed by atoms with E-state index in [2.05, 4.69) is 18.7 Å². The van der Waals surface area contributed by atoms with Gasteiger partial charge < -0.3 is 25.9 Å². The summed E-state index contributed by atoms with van der Waals surface area (Å²) in [6.07, 6.45) is 1.74. The van der Waals surface area contributed by atoms with Gasteiger partial charge in [-0.1, -0.05) is 32.0 Å². The first-order valence-electron chi connectivity index (χ1n) is 12.0. The van der Waals surface area contributed by atoms with E-state index in [-0.39, 0.29) is 23.4 Å². The quantitative estimate of drug-likeness (QED) is 0.498. The maximum atomic E-state index is 12.9. The lowest BCUT2D eigenvalue weighted by molar-refractivity contribution is 0.185. The summed E-state index contributed by atoms with van der Waals surface area (Å²) in [6.45, 7) is 6.29. The minimum Gasteiger partial charge on any atom is -0.492 e. The monoisotopic (exact) mass is 479 g/mol. The molecule has 4 N–H and O–H groups in total. The van der Waals surface area contributed by atoms with Crippen LogP contribution in [0.3, 0.4) is 0 Å². The third-order valence-electron chi connectivity index (χ3n) is 7.39. The maximum Gasteiger partial charge on any atom is 0.350 e. The molecule has 0 spiro atoms. The van der Waals surface area contributed by atoms with Gasteiger partial charge in [-0.3, -0.25) is 9.36 Å². The largest absolute Gasteiger partial charge is 0.492 e. The Hall–Kier alpha value is -3.46. The predicted molar refractivity (Wildman–Crippen MR) is 137 cm³/mol. The Kier molecular flexibility index (Phi) is 5.75. The van der Waals surface area contributed by atoms with E-state index in [1.54, 1.807) is 17.7 Å². The minimum atomic E-state index is -0.522. The minimum absolute atomic E-state index is 0.0240. The predicted octanol–water partition coefficient (Wildman–Crippen LogP) is 2.09. The van der Waals surface area contributed by atoms with E-state index in [1.807, 2.05) is 36.4 Å². The number of fused-ring (bicyclic) bond motifs is 1. The summed E-state index contributed by atoms with van der Waals surface area (Å²) < 4.78 is 14.1. The zero-order valence-corrected chi connectivity index (χ0v) is 20.4. The van der Waals surface area contributed by atoms with E-state index in [9.17, 15) is 9.59 Å². The van der Waals surface area contributed by atoms with Gasteiger partial charge in [-0.25, -0.2) is 4.79 Å². The summed E-state index contributed by atoms with van der Waals surface area (Å²) >= 11 is 0. The topological polar surface area (TPSA) is 118 Å². The molecule has 0 bridgehead atoms. The highest BCUT2D eigenvalue weighted by molar-refractivity contribution is 5.91. The number of nitrogen functional groups attached to an aromatic ring is 1. The second-order valence-corrected chi connectivity index (χ2v) is 10.3. The molecule has 2 atom stereocenters. The molecule has 1 saturated carbocycles. The zero-order chi connectivity index (χ0) is 24.9. The summed E-state index contributed by atoms with van der Waals surface area (Å²) in [5.74, 6) is 7.30. The molecule has 2 aliphatic rings. The Morgan fingerprint density at radius 2 is 1.83 bits per heavy atom. The fourth-order valence-electron chi connectivity index (χ4n) is 5.40. The van der Waals surface area contributed by atoms with E-state index in [0.29, 0.717) is 34.5 Å². The molecule has 1 aromatic heterocycles. The van der Waals surface area contributed by atoms with Gasteiger partial charge in [0.1, 0.15) is 17.9 Å². The third kappa shape index (κ3) is 4.03. The average Bonchev–Trinajstić information content (AvgIpc) is 3.63. The smallest absolute Gasteiger partial charge is 0.350 e. The molecule has 2 aromatic carbocycles. The molecular formula is C26H33N5O4. The van der Waals surface area contributed by atoms with Crippen LogP contribution >= 0.6 is 0 Å². The molecule has 2 fully saturated rings. The average molecular weight is 480 g/mol. The highest BCUT2D eigenvalue weighted by Gasteiger charge is 2.44. The number of ether oxygens (including phenoxy) is 2. The van der Waals surface area contributed by atoms with Crippen molar-refractivity contribution in [1.82, 2.24) is 9.24 Å². The standard InChI is InChI=1S/C26H33N5O4/c1-26(2)15-29(13-19(26)20(27)14-35-17-7-5-4-6-8-17)21-12-11-18-22(23(21)34-3)30(16-9-10-16)25(33)31(28)24(18)32/h4-8,11-12,16,19-20H,9-10,13-15,27-28H2,1-3H3/t19?,20-/m1/s1. The van der Waals surface area contributed by atoms with Crippen LogP contribution in [0, 0.1) is 11.3 Å². The summed E-state index contributed by atoms with van der Waals surface area (Å²) in [4.78, 5) is 28.0. The number of hydrogen-bond donors (Lipinski definition) is 2. The van der Waals surface area contributed by atoms with Gasteiger partial charge >= 0.3 is 5.69 Å². The summed E-state index contributed by atoms with van der Waals surface area (Å²) in [6, 6.07) is 13.2. The van der Waals surface area contributed by atoms with Crippen molar-refractivity contribution in [3.8, 4) is 11.5 Å². The number of rotatable bonds is 7. The van der Waals surface area contributed by atoms with E-state index >= 15 is 0 Å². The Balaban J connectivity index is 1.50. The van der Waals surface area contributed by atoms with Crippen LogP contribution < -0.4 is 37.2 Å². The third-order valence-corrected chi connectivity index (χ3v) is 7.39. The van der Waals surface area contributed by atoms with E-state index < -0.39 is 11.2 Å². The SMILES string of the molecule is COc1c(N2CC([C@H](N)COc3ccccc3)C(C)(C)C2)ccc2c(=O)n(N)c(=O)n(C3CC3)c12. The number of aromatic nitrogens is 2. The molecule has 5 rings (SSSR count). The highest BCUT2D eigenvalue weighted by Crippen LogP contribution is 2.45. The van der Waals surface area contributed by atoms with Crippen LogP contribution in [0.1, 0.15) is 32.7 Å². The number of anilines is 1. The van der Waals surface area contributed by atoms with E-state index in [1.165, 1.54) is 0 Å². The van der Waals surface area contributed by atoms with Gasteiger partial charge in [0.05, 0.1) is 18.2 Å². The first-order chi connectivity index (χ1) is 16.7. The molecule has 0 amide bonds. The van der Waals surface area contributed by atoms with Gasteiger partial charge in [-0.15, -0.1) is 0 Å². The summed E-state index contributed by atoms with van der Waals surface area (Å²) in [5, 5.41) is 0.377. The number of methoxy groups -OCH3 is 1. The van der Waals surface area contributed by atoms with Gasteiger partial charge in [0.15, 0.2) is 5.75 Å². The van der Waals surface area contributed by atoms with Crippen molar-refractivity contribution in [2.24, 2.45) is 17.1 Å². The fraction of sp³-hybridized carbons (Fsp3) is 0.462. The summed E-state index contributed by atoms with van der Waals surface area (Å²) in [5.41, 5.74) is 6.88. The highest BCUT2D eigenvalue weighted by atomic mass is 16.5. The molecule has 35 heavy (non-hydrogen) atoms. The molecule has 1 unspecified atom stereocenters. The van der Waals surface area contributed by atoms with Crippen LogP contribution in [-0.2, 0) is 0 Å². The molecule has 1 aliphatic carbocycles. The van der Waals surface area contributed by atoms with Gasteiger partial charge in [-0.05, 0) is 42.5 Å². The fourth-order valence-corrected chi connectivity index (χ4v) is 5.40. The first kappa shape index (κ1) is 23.3. The van der Waals surface area contributed by atoms with Crippen molar-refractivity contribution in [3.63, 3.8) is 0 Å². The second kappa shape index (κ2) is 8.64. The number of nitrogens with two attached hydrogens (primary N) is 2. The molecule has 1 saturated heterocycles. The molecule has 1 aliphatic heterocycles. The lowest BCUT2D eigenvalue weighted by atomic mass is 9.78. The van der Waals surface area contributed by atoms with Crippen molar-refractivity contribution in [3.05, 3.63) is 63.3 Å². The number of hydrogen-bond acceptors (Lipinski definition) is 7. The zero-order valence-electron chi connectivity index (χ0n) is 20.4. The van der Waals surface area contributed by atoms with Crippen molar-refractivity contribution in [2.75, 3.05) is 37.5 Å². The van der Waals surface area contributed by atoms with Crippen LogP contribution in [0.15, 0.2) is 52.1 Å². The molecule has 9 heteroatoms. The van der Waals surface area contributed by atoms with E-state index in [0.717, 1.165) is 30.8 Å². The number of para-hydroxylation sites is 1. The van der Waals surface area contributed by atoms with Gasteiger partial charge in [0.25, 0.3) is 5.56 Å². The maximum absolute atomic E-state index is 12.9. The Morgan fingerprint density at radius 3 is 2.49 bits per heavy atom. The molecule has 0 radical (unpaired) electrons. The van der Waals surface area contributed by atoms with Crippen molar-refractivity contribution in [1.29, 1.82) is 0 Å². The van der Waals surface area contributed by atoms with Gasteiger partial charge in [0.2, 0.25) is 0 Å².